The number of benzene rings is 1. The first-order valence-electron chi connectivity index (χ1n) is 5.99. The number of hydrogen-bond donors (Lipinski definition) is 2. The van der Waals surface area contributed by atoms with Crippen molar-refractivity contribution in [2.75, 3.05) is 14.2 Å². The summed E-state index contributed by atoms with van der Waals surface area (Å²) in [7, 11) is 3.22. The fourth-order valence-corrected chi connectivity index (χ4v) is 2.42. The van der Waals surface area contributed by atoms with E-state index in [9.17, 15) is 0 Å². The average Bonchev–Trinajstić information content (AvgIpc) is 2.49. The number of ether oxygens (including phenoxy) is 2. The van der Waals surface area contributed by atoms with Crippen molar-refractivity contribution >= 4 is 15.9 Å². The van der Waals surface area contributed by atoms with Crippen molar-refractivity contribution in [2.24, 2.45) is 5.84 Å². The van der Waals surface area contributed by atoms with Crippen LogP contribution >= 0.6 is 15.9 Å². The van der Waals surface area contributed by atoms with Gasteiger partial charge in [-0.1, -0.05) is 0 Å². The van der Waals surface area contributed by atoms with Gasteiger partial charge in [-0.2, -0.15) is 0 Å². The Hall–Kier alpha value is -1.63. The molecule has 106 valence electrons. The second-order valence-corrected chi connectivity index (χ2v) is 4.97. The van der Waals surface area contributed by atoms with Gasteiger partial charge in [0.25, 0.3) is 0 Å². The Morgan fingerprint density at radius 1 is 1.20 bits per heavy atom. The zero-order valence-electron chi connectivity index (χ0n) is 11.3. The zero-order chi connectivity index (χ0) is 14.5. The fourth-order valence-electron chi connectivity index (χ4n) is 1.94. The van der Waals surface area contributed by atoms with Crippen LogP contribution in [-0.4, -0.2) is 19.2 Å². The first-order chi connectivity index (χ1) is 9.69. The van der Waals surface area contributed by atoms with Crippen LogP contribution < -0.4 is 20.7 Å². The van der Waals surface area contributed by atoms with Crippen LogP contribution in [-0.2, 0) is 0 Å². The van der Waals surface area contributed by atoms with E-state index in [-0.39, 0.29) is 6.04 Å². The number of hydrogen-bond acceptors (Lipinski definition) is 5. The molecule has 0 bridgehead atoms. The topological polar surface area (TPSA) is 69.4 Å². The van der Waals surface area contributed by atoms with Gasteiger partial charge in [-0.25, -0.2) is 5.43 Å². The molecule has 0 aliphatic carbocycles. The Bertz CT molecular complexity index is 570. The number of rotatable bonds is 5. The lowest BCUT2D eigenvalue weighted by molar-refractivity contribution is 0.392. The highest BCUT2D eigenvalue weighted by Crippen LogP contribution is 2.31. The Morgan fingerprint density at radius 2 is 1.85 bits per heavy atom. The lowest BCUT2D eigenvalue weighted by Gasteiger charge is -2.18. The van der Waals surface area contributed by atoms with E-state index >= 15 is 0 Å². The highest BCUT2D eigenvalue weighted by atomic mass is 79.9. The molecule has 0 spiro atoms. The first kappa shape index (κ1) is 14.8. The third kappa shape index (κ3) is 3.09. The van der Waals surface area contributed by atoms with Crippen LogP contribution in [0, 0.1) is 0 Å². The summed E-state index contributed by atoms with van der Waals surface area (Å²) in [6.07, 6.45) is 1.72. The SMILES string of the molecule is COc1cc(OC)cc(C(NN)c2ncccc2Br)c1. The number of aromatic nitrogens is 1. The van der Waals surface area contributed by atoms with E-state index in [0.717, 1.165) is 15.7 Å². The van der Waals surface area contributed by atoms with Crippen LogP contribution in [0.25, 0.3) is 0 Å². The van der Waals surface area contributed by atoms with E-state index in [1.165, 1.54) is 0 Å². The van der Waals surface area contributed by atoms with Gasteiger partial charge in [0, 0.05) is 16.7 Å². The Kier molecular flexibility index (Phi) is 4.94. The predicted molar refractivity (Wildman–Crippen MR) is 80.6 cm³/mol. The Balaban J connectivity index is 2.49. The van der Waals surface area contributed by atoms with E-state index in [2.05, 4.69) is 26.3 Å². The van der Waals surface area contributed by atoms with Crippen LogP contribution in [0.15, 0.2) is 41.0 Å². The minimum atomic E-state index is -0.269. The summed E-state index contributed by atoms with van der Waals surface area (Å²) < 4.78 is 11.4. The van der Waals surface area contributed by atoms with Gasteiger partial charge in [0.2, 0.25) is 0 Å². The lowest BCUT2D eigenvalue weighted by atomic mass is 10.0. The first-order valence-corrected chi connectivity index (χ1v) is 6.78. The van der Waals surface area contributed by atoms with Crippen molar-refractivity contribution in [3.63, 3.8) is 0 Å². The summed E-state index contributed by atoms with van der Waals surface area (Å²) in [4.78, 5) is 4.37. The standard InChI is InChI=1S/C14H16BrN3O2/c1-19-10-6-9(7-11(8-10)20-2)13(18-16)14-12(15)4-3-5-17-14/h3-8,13,18H,16H2,1-2H3. The van der Waals surface area contributed by atoms with Gasteiger partial charge < -0.3 is 9.47 Å². The molecule has 2 rings (SSSR count). The van der Waals surface area contributed by atoms with Gasteiger partial charge in [0.15, 0.2) is 0 Å². The number of pyridine rings is 1. The molecule has 0 radical (unpaired) electrons. The lowest BCUT2D eigenvalue weighted by Crippen LogP contribution is -2.29. The Morgan fingerprint density at radius 3 is 2.35 bits per heavy atom. The number of hydrazine groups is 1. The van der Waals surface area contributed by atoms with Crippen LogP contribution in [0.4, 0.5) is 0 Å². The summed E-state index contributed by atoms with van der Waals surface area (Å²) >= 11 is 3.49. The summed E-state index contributed by atoms with van der Waals surface area (Å²) in [6, 6.07) is 9.11. The maximum atomic E-state index is 5.70. The van der Waals surface area contributed by atoms with Crippen molar-refractivity contribution in [1.29, 1.82) is 0 Å². The van der Waals surface area contributed by atoms with E-state index < -0.39 is 0 Å². The Labute approximate surface area is 126 Å². The van der Waals surface area contributed by atoms with E-state index in [4.69, 9.17) is 15.3 Å². The van der Waals surface area contributed by atoms with E-state index in [1.54, 1.807) is 20.4 Å². The molecule has 0 aliphatic rings. The molecule has 0 amide bonds. The zero-order valence-corrected chi connectivity index (χ0v) is 12.8. The number of methoxy groups -OCH3 is 2. The van der Waals surface area contributed by atoms with Gasteiger partial charge in [-0.05, 0) is 45.8 Å². The van der Waals surface area contributed by atoms with Crippen LogP contribution in [0.1, 0.15) is 17.3 Å². The number of nitrogens with two attached hydrogens (primary N) is 1. The van der Waals surface area contributed by atoms with Crippen LogP contribution in [0.2, 0.25) is 0 Å². The van der Waals surface area contributed by atoms with E-state index in [0.29, 0.717) is 11.5 Å². The summed E-state index contributed by atoms with van der Waals surface area (Å²) in [5, 5.41) is 0. The van der Waals surface area contributed by atoms with Gasteiger partial charge in [-0.15, -0.1) is 0 Å². The maximum absolute atomic E-state index is 5.70. The van der Waals surface area contributed by atoms with Gasteiger partial charge in [0.1, 0.15) is 11.5 Å². The van der Waals surface area contributed by atoms with Crippen molar-refractivity contribution < 1.29 is 9.47 Å². The molecular formula is C14H16BrN3O2. The molecule has 1 unspecified atom stereocenters. The molecule has 0 saturated carbocycles. The third-order valence-corrected chi connectivity index (χ3v) is 3.60. The molecule has 6 heteroatoms. The molecule has 1 heterocycles. The maximum Gasteiger partial charge on any atom is 0.122 e. The molecule has 2 aromatic rings. The third-order valence-electron chi connectivity index (χ3n) is 2.93. The number of nitrogens with zero attached hydrogens (tertiary/aromatic N) is 1. The molecule has 20 heavy (non-hydrogen) atoms. The molecule has 5 nitrogen and oxygen atoms in total. The van der Waals surface area contributed by atoms with Gasteiger partial charge in [0.05, 0.1) is 26.0 Å². The summed E-state index contributed by atoms with van der Waals surface area (Å²) in [5.41, 5.74) is 4.48. The largest absolute Gasteiger partial charge is 0.497 e. The van der Waals surface area contributed by atoms with Crippen molar-refractivity contribution in [1.82, 2.24) is 10.4 Å². The van der Waals surface area contributed by atoms with E-state index in [1.807, 2.05) is 30.3 Å². The highest BCUT2D eigenvalue weighted by molar-refractivity contribution is 9.10. The van der Waals surface area contributed by atoms with Gasteiger partial charge >= 0.3 is 0 Å². The average molecular weight is 338 g/mol. The highest BCUT2D eigenvalue weighted by Gasteiger charge is 2.18. The molecule has 0 aliphatic heterocycles. The number of halogens is 1. The smallest absolute Gasteiger partial charge is 0.122 e. The second kappa shape index (κ2) is 6.69. The summed E-state index contributed by atoms with van der Waals surface area (Å²) in [6.45, 7) is 0. The van der Waals surface area contributed by atoms with Crippen LogP contribution in [0.5, 0.6) is 11.5 Å². The predicted octanol–water partition coefficient (Wildman–Crippen LogP) is 2.41. The van der Waals surface area contributed by atoms with Crippen molar-refractivity contribution in [3.05, 3.63) is 52.3 Å². The molecule has 1 atom stereocenters. The molecule has 0 saturated heterocycles. The molecule has 1 aromatic heterocycles. The second-order valence-electron chi connectivity index (χ2n) is 4.12. The van der Waals surface area contributed by atoms with Crippen LogP contribution in [0.3, 0.4) is 0 Å². The minimum Gasteiger partial charge on any atom is -0.497 e. The van der Waals surface area contributed by atoms with Crippen molar-refractivity contribution in [2.45, 2.75) is 6.04 Å². The van der Waals surface area contributed by atoms with Crippen molar-refractivity contribution in [3.8, 4) is 11.5 Å². The quantitative estimate of drug-likeness (QED) is 0.647. The minimum absolute atomic E-state index is 0.269. The molecule has 0 fully saturated rings. The number of nitrogens with one attached hydrogen (secondary N) is 1. The summed E-state index contributed by atoms with van der Waals surface area (Å²) in [5.74, 6) is 7.10. The van der Waals surface area contributed by atoms with Gasteiger partial charge in [-0.3, -0.25) is 10.8 Å². The molecular weight excluding hydrogens is 322 g/mol. The normalized spacial score (nSPS) is 12.0. The molecule has 1 aromatic carbocycles. The fraction of sp³-hybridized carbons (Fsp3) is 0.214. The monoisotopic (exact) mass is 337 g/mol. The molecule has 3 N–H and O–H groups in total.